The topological polar surface area (TPSA) is 41.1 Å². The lowest BCUT2D eigenvalue weighted by molar-refractivity contribution is -0.133. The second kappa shape index (κ2) is 6.25. The zero-order valence-electron chi connectivity index (χ0n) is 12.7. The molecule has 3 heteroatoms. The maximum atomic E-state index is 12.6. The van der Waals surface area contributed by atoms with E-state index in [0.29, 0.717) is 5.41 Å². The van der Waals surface area contributed by atoms with Gasteiger partial charge < -0.3 is 10.6 Å². The Bertz CT molecular complexity index is 302. The van der Waals surface area contributed by atoms with Crippen LogP contribution in [0.5, 0.6) is 0 Å². The molecule has 0 radical (unpaired) electrons. The Morgan fingerprint density at radius 3 is 2.47 bits per heavy atom. The van der Waals surface area contributed by atoms with Crippen LogP contribution < -0.4 is 10.6 Å². The third-order valence-corrected chi connectivity index (χ3v) is 5.37. The quantitative estimate of drug-likeness (QED) is 0.821. The lowest BCUT2D eigenvalue weighted by Crippen LogP contribution is -2.52. The van der Waals surface area contributed by atoms with Crippen molar-refractivity contribution in [3.05, 3.63) is 0 Å². The molecule has 2 N–H and O–H groups in total. The van der Waals surface area contributed by atoms with Crippen LogP contribution in [-0.4, -0.2) is 25.5 Å². The van der Waals surface area contributed by atoms with Gasteiger partial charge in [0, 0.05) is 13.1 Å². The second-order valence-electron chi connectivity index (χ2n) is 6.97. The van der Waals surface area contributed by atoms with Crippen molar-refractivity contribution in [2.24, 2.45) is 10.8 Å². The van der Waals surface area contributed by atoms with Crippen molar-refractivity contribution in [3.63, 3.8) is 0 Å². The van der Waals surface area contributed by atoms with Gasteiger partial charge in [-0.2, -0.15) is 0 Å². The summed E-state index contributed by atoms with van der Waals surface area (Å²) in [7, 11) is 0. The van der Waals surface area contributed by atoms with E-state index < -0.39 is 0 Å². The Morgan fingerprint density at radius 2 is 1.89 bits per heavy atom. The molecule has 2 aliphatic rings. The van der Waals surface area contributed by atoms with Gasteiger partial charge in [-0.1, -0.05) is 33.1 Å². The number of nitrogens with one attached hydrogen (secondary N) is 2. The number of piperidine rings is 1. The van der Waals surface area contributed by atoms with Crippen molar-refractivity contribution in [2.45, 2.75) is 65.2 Å². The molecular formula is C16H30N2O. The van der Waals surface area contributed by atoms with Gasteiger partial charge in [-0.15, -0.1) is 0 Å². The predicted octanol–water partition coefficient (Wildman–Crippen LogP) is 2.85. The fourth-order valence-electron chi connectivity index (χ4n) is 3.69. The molecule has 1 aliphatic heterocycles. The normalized spacial score (nSPS) is 30.8. The molecule has 2 rings (SSSR count). The van der Waals surface area contributed by atoms with Crippen LogP contribution in [0.15, 0.2) is 0 Å². The van der Waals surface area contributed by atoms with E-state index in [1.54, 1.807) is 0 Å². The number of rotatable bonds is 4. The summed E-state index contributed by atoms with van der Waals surface area (Å²) in [5.41, 5.74) is 0.189. The molecule has 1 atom stereocenters. The average molecular weight is 266 g/mol. The zero-order chi connectivity index (χ0) is 13.8. The predicted molar refractivity (Wildman–Crippen MR) is 79.0 cm³/mol. The first-order chi connectivity index (χ1) is 9.10. The Balaban J connectivity index is 1.88. The molecule has 1 heterocycles. The van der Waals surface area contributed by atoms with Gasteiger partial charge in [0.2, 0.25) is 5.91 Å². The van der Waals surface area contributed by atoms with Crippen LogP contribution in [0.4, 0.5) is 0 Å². The third-order valence-electron chi connectivity index (χ3n) is 5.37. The van der Waals surface area contributed by atoms with Gasteiger partial charge in [-0.25, -0.2) is 0 Å². The highest BCUT2D eigenvalue weighted by Crippen LogP contribution is 2.36. The van der Waals surface area contributed by atoms with Crippen LogP contribution >= 0.6 is 0 Å². The van der Waals surface area contributed by atoms with Crippen molar-refractivity contribution >= 4 is 5.91 Å². The first-order valence-corrected chi connectivity index (χ1v) is 8.09. The SMILES string of the molecule is CCC1(C(=O)NCC2(C)CCCCC2)CCCNC1. The molecule has 3 nitrogen and oxygen atoms in total. The molecule has 1 unspecified atom stereocenters. The number of carbonyl (C=O) groups is 1. The van der Waals surface area contributed by atoms with E-state index in [0.717, 1.165) is 38.9 Å². The van der Waals surface area contributed by atoms with Crippen LogP contribution in [0.1, 0.15) is 65.2 Å². The highest BCUT2D eigenvalue weighted by atomic mass is 16.2. The molecule has 0 aromatic heterocycles. The number of hydrogen-bond donors (Lipinski definition) is 2. The molecule has 1 amide bonds. The lowest BCUT2D eigenvalue weighted by atomic mass is 9.74. The maximum Gasteiger partial charge on any atom is 0.227 e. The number of amides is 1. The minimum Gasteiger partial charge on any atom is -0.355 e. The van der Waals surface area contributed by atoms with E-state index in [-0.39, 0.29) is 11.3 Å². The number of hydrogen-bond acceptors (Lipinski definition) is 2. The maximum absolute atomic E-state index is 12.6. The van der Waals surface area contributed by atoms with Crippen molar-refractivity contribution in [1.29, 1.82) is 0 Å². The Hall–Kier alpha value is -0.570. The van der Waals surface area contributed by atoms with Crippen molar-refractivity contribution in [3.8, 4) is 0 Å². The third kappa shape index (κ3) is 3.50. The molecule has 0 aromatic rings. The van der Waals surface area contributed by atoms with E-state index in [4.69, 9.17) is 0 Å². The standard InChI is InChI=1S/C16H30N2O/c1-3-16(10-7-11-17-13-16)14(19)18-12-15(2)8-5-4-6-9-15/h17H,3-13H2,1-2H3,(H,18,19). The molecule has 1 aliphatic carbocycles. The minimum atomic E-state index is -0.150. The summed E-state index contributed by atoms with van der Waals surface area (Å²) in [6.45, 7) is 7.27. The van der Waals surface area contributed by atoms with E-state index in [2.05, 4.69) is 24.5 Å². The molecule has 1 saturated heterocycles. The fourth-order valence-corrected chi connectivity index (χ4v) is 3.69. The smallest absolute Gasteiger partial charge is 0.227 e. The Morgan fingerprint density at radius 1 is 1.16 bits per heavy atom. The summed E-state index contributed by atoms with van der Waals surface area (Å²) < 4.78 is 0. The number of carbonyl (C=O) groups excluding carboxylic acids is 1. The molecule has 0 aromatic carbocycles. The van der Waals surface area contributed by atoms with Crippen LogP contribution in [0.2, 0.25) is 0 Å². The molecular weight excluding hydrogens is 236 g/mol. The summed E-state index contributed by atoms with van der Waals surface area (Å²) >= 11 is 0. The van der Waals surface area contributed by atoms with Gasteiger partial charge in [0.15, 0.2) is 0 Å². The van der Waals surface area contributed by atoms with Gasteiger partial charge in [0.05, 0.1) is 5.41 Å². The summed E-state index contributed by atoms with van der Waals surface area (Å²) in [5, 5.41) is 6.67. The van der Waals surface area contributed by atoms with Gasteiger partial charge in [-0.05, 0) is 44.1 Å². The molecule has 110 valence electrons. The van der Waals surface area contributed by atoms with Gasteiger partial charge in [0.1, 0.15) is 0 Å². The molecule has 2 fully saturated rings. The van der Waals surface area contributed by atoms with E-state index in [1.807, 2.05) is 0 Å². The van der Waals surface area contributed by atoms with Crippen LogP contribution in [0, 0.1) is 10.8 Å². The van der Waals surface area contributed by atoms with Gasteiger partial charge >= 0.3 is 0 Å². The van der Waals surface area contributed by atoms with Gasteiger partial charge in [0.25, 0.3) is 0 Å². The second-order valence-corrected chi connectivity index (χ2v) is 6.97. The highest BCUT2D eigenvalue weighted by Gasteiger charge is 2.38. The first kappa shape index (κ1) is 14.8. The lowest BCUT2D eigenvalue weighted by Gasteiger charge is -2.38. The monoisotopic (exact) mass is 266 g/mol. The van der Waals surface area contributed by atoms with Gasteiger partial charge in [-0.3, -0.25) is 4.79 Å². The van der Waals surface area contributed by atoms with Crippen molar-refractivity contribution in [1.82, 2.24) is 10.6 Å². The highest BCUT2D eigenvalue weighted by molar-refractivity contribution is 5.83. The van der Waals surface area contributed by atoms with E-state index in [9.17, 15) is 4.79 Å². The summed E-state index contributed by atoms with van der Waals surface area (Å²) in [4.78, 5) is 12.6. The summed E-state index contributed by atoms with van der Waals surface area (Å²) in [6.07, 6.45) is 9.67. The fraction of sp³-hybridized carbons (Fsp3) is 0.938. The molecule has 19 heavy (non-hydrogen) atoms. The van der Waals surface area contributed by atoms with Crippen LogP contribution in [-0.2, 0) is 4.79 Å². The van der Waals surface area contributed by atoms with E-state index in [1.165, 1.54) is 32.1 Å². The molecule has 0 spiro atoms. The summed E-state index contributed by atoms with van der Waals surface area (Å²) in [6, 6.07) is 0. The van der Waals surface area contributed by atoms with Crippen molar-refractivity contribution < 1.29 is 4.79 Å². The Labute approximate surface area is 117 Å². The molecule has 1 saturated carbocycles. The largest absolute Gasteiger partial charge is 0.355 e. The zero-order valence-corrected chi connectivity index (χ0v) is 12.7. The van der Waals surface area contributed by atoms with Crippen molar-refractivity contribution in [2.75, 3.05) is 19.6 Å². The first-order valence-electron chi connectivity index (χ1n) is 8.09. The average Bonchev–Trinajstić information content (AvgIpc) is 2.46. The van der Waals surface area contributed by atoms with Crippen LogP contribution in [0.25, 0.3) is 0 Å². The molecule has 0 bridgehead atoms. The minimum absolute atomic E-state index is 0.150. The Kier molecular flexibility index (Phi) is 4.88. The van der Waals surface area contributed by atoms with Crippen LogP contribution in [0.3, 0.4) is 0 Å². The summed E-state index contributed by atoms with van der Waals surface area (Å²) in [5.74, 6) is 0.286. The van der Waals surface area contributed by atoms with E-state index >= 15 is 0 Å².